The van der Waals surface area contributed by atoms with Gasteiger partial charge in [0, 0.05) is 24.2 Å². The molecule has 1 aliphatic rings. The number of fused-ring (bicyclic) bond motifs is 1. The number of nitrogens with zero attached hydrogens (tertiary/aromatic N) is 4. The number of aryl methyl sites for hydroxylation is 2. The van der Waals surface area contributed by atoms with Crippen molar-refractivity contribution in [1.29, 1.82) is 0 Å². The third-order valence-electron chi connectivity index (χ3n) is 4.01. The maximum Gasteiger partial charge on any atom is 0.229 e. The zero-order valence-corrected chi connectivity index (χ0v) is 14.6. The predicted octanol–water partition coefficient (Wildman–Crippen LogP) is 2.48. The van der Waals surface area contributed by atoms with Crippen LogP contribution in [0.15, 0.2) is 11.4 Å². The molecule has 0 aliphatic carbocycles. The molecule has 4 rings (SSSR count). The minimum Gasteiger partial charge on any atom is -0.378 e. The molecule has 1 aliphatic heterocycles. The summed E-state index contributed by atoms with van der Waals surface area (Å²) in [6.07, 6.45) is 0. The van der Waals surface area contributed by atoms with Gasteiger partial charge in [-0.15, -0.1) is 11.3 Å². The number of thiazole rings is 1. The lowest BCUT2D eigenvalue weighted by Crippen LogP contribution is -2.37. The van der Waals surface area contributed by atoms with Gasteiger partial charge >= 0.3 is 0 Å². The monoisotopic (exact) mass is 344 g/mol. The van der Waals surface area contributed by atoms with Gasteiger partial charge in [0.2, 0.25) is 5.95 Å². The van der Waals surface area contributed by atoms with Crippen LogP contribution in [0.1, 0.15) is 16.4 Å². The highest BCUT2D eigenvalue weighted by molar-refractivity contribution is 7.09. The van der Waals surface area contributed by atoms with Crippen molar-refractivity contribution < 1.29 is 4.74 Å². The molecule has 0 radical (unpaired) electrons. The number of hydrogen-bond acceptors (Lipinski definition) is 7. The number of hydrogen-bond donors (Lipinski definition) is 2. The summed E-state index contributed by atoms with van der Waals surface area (Å²) in [5.41, 5.74) is 2.97. The van der Waals surface area contributed by atoms with E-state index in [0.29, 0.717) is 19.8 Å². The van der Waals surface area contributed by atoms with Gasteiger partial charge in [-0.25, -0.2) is 4.98 Å². The molecule has 0 saturated carbocycles. The van der Waals surface area contributed by atoms with Crippen molar-refractivity contribution in [2.24, 2.45) is 0 Å². The molecule has 126 valence electrons. The van der Waals surface area contributed by atoms with E-state index in [9.17, 15) is 0 Å². The SMILES string of the molecule is Cc1cc2c(NCc3csc(C)n3)nc(N3CCOCC3)nc2[nH]1. The van der Waals surface area contributed by atoms with Gasteiger partial charge in [-0.05, 0) is 19.9 Å². The van der Waals surface area contributed by atoms with E-state index in [1.165, 1.54) is 0 Å². The molecule has 1 fully saturated rings. The Morgan fingerprint density at radius 1 is 1.25 bits per heavy atom. The molecule has 0 unspecified atom stereocenters. The fraction of sp³-hybridized carbons (Fsp3) is 0.438. The molecule has 8 heteroatoms. The first kappa shape index (κ1) is 15.3. The highest BCUT2D eigenvalue weighted by Gasteiger charge is 2.17. The molecule has 0 amide bonds. The van der Waals surface area contributed by atoms with Crippen LogP contribution in [-0.4, -0.2) is 46.2 Å². The van der Waals surface area contributed by atoms with E-state index >= 15 is 0 Å². The summed E-state index contributed by atoms with van der Waals surface area (Å²) in [7, 11) is 0. The number of nitrogens with one attached hydrogen (secondary N) is 2. The standard InChI is InChI=1S/C16H20N6OS/c1-10-7-13-14(17-8-12-9-24-11(2)19-12)20-16(21-15(13)18-10)22-3-5-23-6-4-22/h7,9H,3-6,8H2,1-2H3,(H2,17,18,20,21). The first-order valence-electron chi connectivity index (χ1n) is 8.04. The van der Waals surface area contributed by atoms with Crippen LogP contribution in [-0.2, 0) is 11.3 Å². The fourth-order valence-corrected chi connectivity index (χ4v) is 3.44. The van der Waals surface area contributed by atoms with Crippen LogP contribution in [0.25, 0.3) is 11.0 Å². The van der Waals surface area contributed by atoms with Gasteiger partial charge in [-0.3, -0.25) is 0 Å². The first-order chi connectivity index (χ1) is 11.7. The molecule has 0 spiro atoms. The van der Waals surface area contributed by atoms with Crippen LogP contribution in [0, 0.1) is 13.8 Å². The van der Waals surface area contributed by atoms with Crippen molar-refractivity contribution in [3.8, 4) is 0 Å². The number of morpholine rings is 1. The summed E-state index contributed by atoms with van der Waals surface area (Å²) in [6, 6.07) is 2.08. The Morgan fingerprint density at radius 3 is 2.83 bits per heavy atom. The van der Waals surface area contributed by atoms with E-state index in [-0.39, 0.29) is 0 Å². The summed E-state index contributed by atoms with van der Waals surface area (Å²) in [6.45, 7) is 7.76. The molecule has 24 heavy (non-hydrogen) atoms. The van der Waals surface area contributed by atoms with Crippen LogP contribution in [0.2, 0.25) is 0 Å². The van der Waals surface area contributed by atoms with Gasteiger partial charge in [0.05, 0.1) is 35.8 Å². The van der Waals surface area contributed by atoms with E-state index in [4.69, 9.17) is 9.72 Å². The third-order valence-corrected chi connectivity index (χ3v) is 4.83. The topological polar surface area (TPSA) is 79.0 Å². The number of anilines is 2. The molecule has 0 aromatic carbocycles. The average molecular weight is 344 g/mol. The predicted molar refractivity (Wildman–Crippen MR) is 95.8 cm³/mol. The van der Waals surface area contributed by atoms with Crippen LogP contribution in [0.3, 0.4) is 0 Å². The summed E-state index contributed by atoms with van der Waals surface area (Å²) in [5, 5.41) is 7.59. The number of aromatic amines is 1. The second-order valence-corrected chi connectivity index (χ2v) is 6.96. The Kier molecular flexibility index (Phi) is 4.07. The van der Waals surface area contributed by atoms with Crippen molar-refractivity contribution in [2.75, 3.05) is 36.5 Å². The highest BCUT2D eigenvalue weighted by Crippen LogP contribution is 2.25. The van der Waals surface area contributed by atoms with Crippen LogP contribution in [0.4, 0.5) is 11.8 Å². The van der Waals surface area contributed by atoms with Crippen molar-refractivity contribution in [1.82, 2.24) is 19.9 Å². The first-order valence-corrected chi connectivity index (χ1v) is 8.92. The number of H-pyrrole nitrogens is 1. The third kappa shape index (κ3) is 3.07. The van der Waals surface area contributed by atoms with E-state index in [1.807, 2.05) is 13.8 Å². The Morgan fingerprint density at radius 2 is 2.08 bits per heavy atom. The van der Waals surface area contributed by atoms with Gasteiger partial charge in [0.15, 0.2) is 0 Å². The normalized spacial score (nSPS) is 15.2. The summed E-state index contributed by atoms with van der Waals surface area (Å²) in [5.74, 6) is 1.58. The fourth-order valence-electron chi connectivity index (χ4n) is 2.83. The quantitative estimate of drug-likeness (QED) is 0.757. The lowest BCUT2D eigenvalue weighted by Gasteiger charge is -2.27. The number of ether oxygens (including phenoxy) is 1. The molecule has 7 nitrogen and oxygen atoms in total. The molecule has 3 aromatic heterocycles. The second-order valence-electron chi connectivity index (χ2n) is 5.90. The lowest BCUT2D eigenvalue weighted by atomic mass is 10.3. The Hall–Kier alpha value is -2.19. The van der Waals surface area contributed by atoms with E-state index in [1.54, 1.807) is 11.3 Å². The van der Waals surface area contributed by atoms with Crippen molar-refractivity contribution in [3.05, 3.63) is 27.8 Å². The van der Waals surface area contributed by atoms with Gasteiger partial charge < -0.3 is 19.9 Å². The Bertz CT molecular complexity index is 851. The minimum absolute atomic E-state index is 0.656. The molecular formula is C16H20N6OS. The van der Waals surface area contributed by atoms with Crippen molar-refractivity contribution in [3.63, 3.8) is 0 Å². The lowest BCUT2D eigenvalue weighted by molar-refractivity contribution is 0.122. The molecule has 2 N–H and O–H groups in total. The summed E-state index contributed by atoms with van der Waals surface area (Å²) < 4.78 is 5.42. The second kappa shape index (κ2) is 6.37. The van der Waals surface area contributed by atoms with Crippen LogP contribution in [0.5, 0.6) is 0 Å². The maximum atomic E-state index is 5.42. The molecule has 0 atom stereocenters. The van der Waals surface area contributed by atoms with E-state index in [0.717, 1.165) is 52.3 Å². The van der Waals surface area contributed by atoms with Gasteiger partial charge in [-0.2, -0.15) is 9.97 Å². The van der Waals surface area contributed by atoms with Crippen molar-refractivity contribution >= 4 is 34.1 Å². The molecule has 0 bridgehead atoms. The Balaban J connectivity index is 1.66. The average Bonchev–Trinajstić information content (AvgIpc) is 3.18. The van der Waals surface area contributed by atoms with E-state index < -0.39 is 0 Å². The summed E-state index contributed by atoms with van der Waals surface area (Å²) in [4.78, 5) is 19.4. The largest absolute Gasteiger partial charge is 0.378 e. The molecular weight excluding hydrogens is 324 g/mol. The molecule has 1 saturated heterocycles. The molecule has 4 heterocycles. The van der Waals surface area contributed by atoms with Gasteiger partial charge in [0.1, 0.15) is 11.5 Å². The van der Waals surface area contributed by atoms with Crippen LogP contribution >= 0.6 is 11.3 Å². The smallest absolute Gasteiger partial charge is 0.229 e. The maximum absolute atomic E-state index is 5.42. The summed E-state index contributed by atoms with van der Waals surface area (Å²) >= 11 is 1.66. The minimum atomic E-state index is 0.656. The molecule has 3 aromatic rings. The van der Waals surface area contributed by atoms with Gasteiger partial charge in [0.25, 0.3) is 0 Å². The number of rotatable bonds is 4. The highest BCUT2D eigenvalue weighted by atomic mass is 32.1. The van der Waals surface area contributed by atoms with E-state index in [2.05, 4.69) is 36.6 Å². The number of aromatic nitrogens is 4. The van der Waals surface area contributed by atoms with Crippen molar-refractivity contribution in [2.45, 2.75) is 20.4 Å². The zero-order valence-electron chi connectivity index (χ0n) is 13.8. The van der Waals surface area contributed by atoms with Crippen LogP contribution < -0.4 is 10.2 Å². The van der Waals surface area contributed by atoms with Gasteiger partial charge in [-0.1, -0.05) is 0 Å². The Labute approximate surface area is 144 Å². The zero-order chi connectivity index (χ0) is 16.5.